The lowest BCUT2D eigenvalue weighted by Gasteiger charge is -2.27. The minimum atomic E-state index is 0.209. The van der Waals surface area contributed by atoms with Crippen LogP contribution in [0.3, 0.4) is 0 Å². The Morgan fingerprint density at radius 3 is 2.27 bits per heavy atom. The number of hydrogen-bond acceptors (Lipinski definition) is 2. The van der Waals surface area contributed by atoms with Gasteiger partial charge in [-0.25, -0.2) is 0 Å². The minimum absolute atomic E-state index is 0.209. The smallest absolute Gasteiger partial charge is 0.220 e. The molecule has 1 aliphatic carbocycles. The molecule has 0 aromatic carbocycles. The first-order chi connectivity index (χ1) is 7.11. The second kappa shape index (κ2) is 6.11. The van der Waals surface area contributed by atoms with Crippen LogP contribution in [0.1, 0.15) is 46.0 Å². The largest absolute Gasteiger partial charge is 0.354 e. The molecule has 1 aliphatic rings. The highest BCUT2D eigenvalue weighted by Gasteiger charge is 2.22. The minimum Gasteiger partial charge on any atom is -0.354 e. The number of nitrogens with two attached hydrogens (primary N) is 1. The standard InChI is InChI=1S/C12H24N2O/c1-9(2)14-12(15)7-10-3-5-11(8-13)6-4-10/h9-11H,3-8,13H2,1-2H3,(H,14,15). The molecule has 0 aliphatic heterocycles. The molecule has 1 amide bonds. The number of hydrogen-bond donors (Lipinski definition) is 2. The summed E-state index contributed by atoms with van der Waals surface area (Å²) in [6.45, 7) is 4.82. The zero-order valence-electron chi connectivity index (χ0n) is 9.96. The summed E-state index contributed by atoms with van der Waals surface area (Å²) in [5.41, 5.74) is 5.64. The van der Waals surface area contributed by atoms with Crippen LogP contribution in [0, 0.1) is 11.8 Å². The van der Waals surface area contributed by atoms with Crippen LogP contribution in [-0.4, -0.2) is 18.5 Å². The van der Waals surface area contributed by atoms with Crippen LogP contribution in [0.5, 0.6) is 0 Å². The van der Waals surface area contributed by atoms with Gasteiger partial charge in [-0.05, 0) is 57.9 Å². The maximum Gasteiger partial charge on any atom is 0.220 e. The highest BCUT2D eigenvalue weighted by Crippen LogP contribution is 2.29. The first-order valence-corrected chi connectivity index (χ1v) is 6.11. The van der Waals surface area contributed by atoms with Crippen molar-refractivity contribution in [3.63, 3.8) is 0 Å². The van der Waals surface area contributed by atoms with Gasteiger partial charge in [-0.3, -0.25) is 4.79 Å². The molecule has 3 N–H and O–H groups in total. The first kappa shape index (κ1) is 12.5. The zero-order chi connectivity index (χ0) is 11.3. The predicted octanol–water partition coefficient (Wildman–Crippen LogP) is 1.67. The van der Waals surface area contributed by atoms with Crippen LogP contribution < -0.4 is 11.1 Å². The summed E-state index contributed by atoms with van der Waals surface area (Å²) in [6, 6.07) is 0.262. The summed E-state index contributed by atoms with van der Waals surface area (Å²) >= 11 is 0. The molecule has 3 heteroatoms. The van der Waals surface area contributed by atoms with Gasteiger partial charge in [0.15, 0.2) is 0 Å². The third kappa shape index (κ3) is 4.65. The molecular formula is C12H24N2O. The van der Waals surface area contributed by atoms with E-state index in [1.807, 2.05) is 13.8 Å². The van der Waals surface area contributed by atoms with E-state index < -0.39 is 0 Å². The lowest BCUT2D eigenvalue weighted by atomic mass is 9.80. The fourth-order valence-electron chi connectivity index (χ4n) is 2.31. The van der Waals surface area contributed by atoms with E-state index in [9.17, 15) is 4.79 Å². The van der Waals surface area contributed by atoms with E-state index in [0.717, 1.165) is 6.54 Å². The van der Waals surface area contributed by atoms with Crippen molar-refractivity contribution in [1.29, 1.82) is 0 Å². The van der Waals surface area contributed by atoms with E-state index in [1.165, 1.54) is 25.7 Å². The Balaban J connectivity index is 2.20. The van der Waals surface area contributed by atoms with E-state index in [1.54, 1.807) is 0 Å². The van der Waals surface area contributed by atoms with E-state index in [-0.39, 0.29) is 11.9 Å². The lowest BCUT2D eigenvalue weighted by molar-refractivity contribution is -0.122. The van der Waals surface area contributed by atoms with Gasteiger partial charge in [0.1, 0.15) is 0 Å². The third-order valence-corrected chi connectivity index (χ3v) is 3.22. The van der Waals surface area contributed by atoms with Crippen molar-refractivity contribution < 1.29 is 4.79 Å². The molecule has 0 heterocycles. The number of carbonyl (C=O) groups excluding carboxylic acids is 1. The first-order valence-electron chi connectivity index (χ1n) is 6.11. The molecule has 0 unspecified atom stereocenters. The summed E-state index contributed by atoms with van der Waals surface area (Å²) in [5.74, 6) is 1.50. The molecule has 0 radical (unpaired) electrons. The summed E-state index contributed by atoms with van der Waals surface area (Å²) in [4.78, 5) is 11.5. The normalized spacial score (nSPS) is 26.7. The maximum absolute atomic E-state index is 11.5. The van der Waals surface area contributed by atoms with Gasteiger partial charge in [-0.2, -0.15) is 0 Å². The quantitative estimate of drug-likeness (QED) is 0.744. The molecule has 0 aromatic rings. The number of nitrogens with one attached hydrogen (secondary N) is 1. The number of carbonyl (C=O) groups is 1. The molecule has 1 fully saturated rings. The SMILES string of the molecule is CC(C)NC(=O)CC1CCC(CN)CC1. The Morgan fingerprint density at radius 2 is 1.80 bits per heavy atom. The molecule has 0 saturated heterocycles. The van der Waals surface area contributed by atoms with Gasteiger partial charge < -0.3 is 11.1 Å². The monoisotopic (exact) mass is 212 g/mol. The van der Waals surface area contributed by atoms with Gasteiger partial charge >= 0.3 is 0 Å². The van der Waals surface area contributed by atoms with Gasteiger partial charge in [-0.1, -0.05) is 0 Å². The van der Waals surface area contributed by atoms with Crippen LogP contribution in [-0.2, 0) is 4.79 Å². The third-order valence-electron chi connectivity index (χ3n) is 3.22. The molecule has 0 spiro atoms. The molecule has 1 rings (SSSR count). The van der Waals surface area contributed by atoms with Crippen LogP contribution in [0.2, 0.25) is 0 Å². The van der Waals surface area contributed by atoms with E-state index in [0.29, 0.717) is 18.3 Å². The van der Waals surface area contributed by atoms with Crippen molar-refractivity contribution in [1.82, 2.24) is 5.32 Å². The van der Waals surface area contributed by atoms with Crippen molar-refractivity contribution in [3.05, 3.63) is 0 Å². The molecule has 0 bridgehead atoms. The van der Waals surface area contributed by atoms with E-state index in [4.69, 9.17) is 5.73 Å². The highest BCUT2D eigenvalue weighted by atomic mass is 16.1. The van der Waals surface area contributed by atoms with Crippen molar-refractivity contribution >= 4 is 5.91 Å². The van der Waals surface area contributed by atoms with E-state index in [2.05, 4.69) is 5.32 Å². The Morgan fingerprint density at radius 1 is 1.27 bits per heavy atom. The molecule has 0 aromatic heterocycles. The van der Waals surface area contributed by atoms with Crippen LogP contribution in [0.4, 0.5) is 0 Å². The fourth-order valence-corrected chi connectivity index (χ4v) is 2.31. The van der Waals surface area contributed by atoms with Gasteiger partial charge in [0.2, 0.25) is 5.91 Å². The Labute approximate surface area is 92.8 Å². The van der Waals surface area contributed by atoms with Crippen molar-refractivity contribution in [2.45, 2.75) is 52.0 Å². The summed E-state index contributed by atoms with van der Waals surface area (Å²) in [6.07, 6.45) is 5.46. The average Bonchev–Trinajstić information content (AvgIpc) is 2.17. The maximum atomic E-state index is 11.5. The molecule has 15 heavy (non-hydrogen) atoms. The molecule has 0 atom stereocenters. The highest BCUT2D eigenvalue weighted by molar-refractivity contribution is 5.76. The number of rotatable bonds is 4. The number of amides is 1. The van der Waals surface area contributed by atoms with Crippen LogP contribution in [0.25, 0.3) is 0 Å². The van der Waals surface area contributed by atoms with Gasteiger partial charge in [0.25, 0.3) is 0 Å². The topological polar surface area (TPSA) is 55.1 Å². The average molecular weight is 212 g/mol. The molecule has 3 nitrogen and oxygen atoms in total. The summed E-state index contributed by atoms with van der Waals surface area (Å²) in [5, 5.41) is 2.95. The molecular weight excluding hydrogens is 188 g/mol. The lowest BCUT2D eigenvalue weighted by Crippen LogP contribution is -2.32. The molecule has 1 saturated carbocycles. The van der Waals surface area contributed by atoms with Gasteiger partial charge in [0, 0.05) is 12.5 Å². The Kier molecular flexibility index (Phi) is 5.09. The van der Waals surface area contributed by atoms with E-state index >= 15 is 0 Å². The molecule has 88 valence electrons. The summed E-state index contributed by atoms with van der Waals surface area (Å²) < 4.78 is 0. The fraction of sp³-hybridized carbons (Fsp3) is 0.917. The second-order valence-electron chi connectivity index (χ2n) is 5.05. The van der Waals surface area contributed by atoms with Crippen molar-refractivity contribution in [2.24, 2.45) is 17.6 Å². The van der Waals surface area contributed by atoms with Crippen LogP contribution >= 0.6 is 0 Å². The van der Waals surface area contributed by atoms with Crippen LogP contribution in [0.15, 0.2) is 0 Å². The van der Waals surface area contributed by atoms with Gasteiger partial charge in [0.05, 0.1) is 0 Å². The Bertz CT molecular complexity index is 196. The Hall–Kier alpha value is -0.570. The van der Waals surface area contributed by atoms with Crippen molar-refractivity contribution in [2.75, 3.05) is 6.54 Å². The predicted molar refractivity (Wildman–Crippen MR) is 62.4 cm³/mol. The second-order valence-corrected chi connectivity index (χ2v) is 5.05. The van der Waals surface area contributed by atoms with Crippen molar-refractivity contribution in [3.8, 4) is 0 Å². The summed E-state index contributed by atoms with van der Waals surface area (Å²) in [7, 11) is 0. The zero-order valence-corrected chi connectivity index (χ0v) is 9.96. The van der Waals surface area contributed by atoms with Gasteiger partial charge in [-0.15, -0.1) is 0 Å².